The highest BCUT2D eigenvalue weighted by Gasteiger charge is 2.70. The average molecular weight is 385 g/mol. The summed E-state index contributed by atoms with van der Waals surface area (Å²) in [5.74, 6) is 0. The number of nitrogens with zero attached hydrogens (tertiary/aromatic N) is 1. The van der Waals surface area contributed by atoms with Gasteiger partial charge in [0.2, 0.25) is 5.54 Å². The Kier molecular flexibility index (Phi) is 4.90. The zero-order valence-corrected chi connectivity index (χ0v) is 13.8. The van der Waals surface area contributed by atoms with E-state index in [-0.39, 0.29) is 5.13 Å². The van der Waals surface area contributed by atoms with E-state index in [1.165, 1.54) is 0 Å². The molecule has 0 saturated carbocycles. The number of fused-ring (bicyclic) bond motifs is 1. The lowest BCUT2D eigenvalue weighted by Crippen LogP contribution is -2.67. The van der Waals surface area contributed by atoms with Gasteiger partial charge in [0.05, 0.1) is 10.2 Å². The molecule has 0 aliphatic heterocycles. The highest BCUT2D eigenvalue weighted by molar-refractivity contribution is 7.22. The van der Waals surface area contributed by atoms with Crippen molar-refractivity contribution in [2.24, 2.45) is 0 Å². The number of aryl methyl sites for hydroxylation is 1. The largest absolute Gasteiger partial charge is 0.420 e. The summed E-state index contributed by atoms with van der Waals surface area (Å²) in [6.07, 6.45) is -12.8. The molecule has 0 fully saturated rings. The third kappa shape index (κ3) is 3.51. The molecule has 0 aliphatic rings. The number of carbonyl (C=O) groups excluding carboxylic acids is 1. The number of alkyl halides is 6. The predicted octanol–water partition coefficient (Wildman–Crippen LogP) is 5.00. The second-order valence-corrected chi connectivity index (χ2v) is 6.30. The van der Waals surface area contributed by atoms with Gasteiger partial charge in [-0.15, -0.1) is 0 Å². The van der Waals surface area contributed by atoms with Gasteiger partial charge in [-0.3, -0.25) is 5.32 Å². The van der Waals surface area contributed by atoms with Crippen LogP contribution in [0.3, 0.4) is 0 Å². The Morgan fingerprint density at radius 3 is 2.24 bits per heavy atom. The first-order valence-corrected chi connectivity index (χ1v) is 7.81. The van der Waals surface area contributed by atoms with Crippen molar-refractivity contribution in [3.8, 4) is 0 Å². The molecule has 2 amide bonds. The summed E-state index contributed by atoms with van der Waals surface area (Å²) < 4.78 is 78.7. The van der Waals surface area contributed by atoms with E-state index in [2.05, 4.69) is 4.98 Å². The number of para-hydroxylation sites is 1. The minimum Gasteiger partial charge on any atom is -0.316 e. The summed E-state index contributed by atoms with van der Waals surface area (Å²) in [6, 6.07) is 3.49. The lowest BCUT2D eigenvalue weighted by atomic mass is 9.94. The Morgan fingerprint density at radius 2 is 1.76 bits per heavy atom. The third-order valence-electron chi connectivity index (χ3n) is 3.67. The van der Waals surface area contributed by atoms with Gasteiger partial charge in [0.15, 0.2) is 5.13 Å². The summed E-state index contributed by atoms with van der Waals surface area (Å²) >= 11 is 0.943. The summed E-state index contributed by atoms with van der Waals surface area (Å²) in [5, 5.41) is 2.88. The van der Waals surface area contributed by atoms with E-state index in [1.807, 2.05) is 5.32 Å². The summed E-state index contributed by atoms with van der Waals surface area (Å²) in [7, 11) is 0. The first-order chi connectivity index (χ1) is 11.4. The average Bonchev–Trinajstić information content (AvgIpc) is 2.85. The molecule has 2 rings (SSSR count). The number of aromatic nitrogens is 1. The van der Waals surface area contributed by atoms with Crippen molar-refractivity contribution >= 4 is 32.7 Å². The second kappa shape index (κ2) is 6.36. The van der Waals surface area contributed by atoms with Crippen LogP contribution in [-0.4, -0.2) is 28.9 Å². The fraction of sp³-hybridized carbons (Fsp3) is 0.429. The molecule has 0 radical (unpaired) electrons. The van der Waals surface area contributed by atoms with E-state index in [9.17, 15) is 31.1 Å². The van der Waals surface area contributed by atoms with Crippen LogP contribution in [0.25, 0.3) is 10.2 Å². The number of hydrogen-bond donors (Lipinski definition) is 2. The summed E-state index contributed by atoms with van der Waals surface area (Å²) in [5.41, 5.74) is -3.07. The molecule has 138 valence electrons. The van der Waals surface area contributed by atoms with Gasteiger partial charge in [-0.25, -0.2) is 9.78 Å². The third-order valence-corrected chi connectivity index (χ3v) is 4.60. The highest BCUT2D eigenvalue weighted by Crippen LogP contribution is 2.45. The Hall–Kier alpha value is -2.04. The van der Waals surface area contributed by atoms with Gasteiger partial charge in [0, 0.05) is 0 Å². The SMILES string of the molecule is CCC(NC(=O)Nc1nc2c(C)cccc2s1)(C(F)(F)F)C(F)(F)F. The lowest BCUT2D eigenvalue weighted by molar-refractivity contribution is -0.304. The first-order valence-electron chi connectivity index (χ1n) is 7.00. The van der Waals surface area contributed by atoms with Crippen molar-refractivity contribution < 1.29 is 31.1 Å². The van der Waals surface area contributed by atoms with Gasteiger partial charge >= 0.3 is 18.4 Å². The van der Waals surface area contributed by atoms with Crippen molar-refractivity contribution in [2.75, 3.05) is 5.32 Å². The normalized spacial score (nSPS) is 13.1. The zero-order valence-electron chi connectivity index (χ0n) is 13.0. The molecular formula is C14H13F6N3OS. The number of carbonyl (C=O) groups is 1. The summed E-state index contributed by atoms with van der Waals surface area (Å²) in [6.45, 7) is 2.43. The second-order valence-electron chi connectivity index (χ2n) is 5.27. The van der Waals surface area contributed by atoms with E-state index < -0.39 is 30.3 Å². The number of amides is 2. The molecule has 2 aromatic rings. The molecule has 2 N–H and O–H groups in total. The topological polar surface area (TPSA) is 54.0 Å². The number of nitrogens with one attached hydrogen (secondary N) is 2. The van der Waals surface area contributed by atoms with E-state index in [0.29, 0.717) is 17.1 Å². The number of anilines is 1. The maximum absolute atomic E-state index is 13.0. The molecule has 0 bridgehead atoms. The molecular weight excluding hydrogens is 372 g/mol. The van der Waals surface area contributed by atoms with Gasteiger partial charge in [-0.05, 0) is 25.0 Å². The number of rotatable bonds is 3. The first kappa shape index (κ1) is 19.3. The maximum Gasteiger partial charge on any atom is 0.420 e. The molecule has 1 aromatic heterocycles. The van der Waals surface area contributed by atoms with Crippen molar-refractivity contribution in [3.63, 3.8) is 0 Å². The zero-order chi connectivity index (χ0) is 19.0. The lowest BCUT2D eigenvalue weighted by Gasteiger charge is -2.36. The number of halogens is 6. The monoisotopic (exact) mass is 385 g/mol. The number of thiazole rings is 1. The molecule has 25 heavy (non-hydrogen) atoms. The molecule has 4 nitrogen and oxygen atoms in total. The van der Waals surface area contributed by atoms with Crippen molar-refractivity contribution in [3.05, 3.63) is 23.8 Å². The van der Waals surface area contributed by atoms with Crippen molar-refractivity contribution in [1.82, 2.24) is 10.3 Å². The quantitative estimate of drug-likeness (QED) is 0.731. The smallest absolute Gasteiger partial charge is 0.316 e. The predicted molar refractivity (Wildman–Crippen MR) is 81.6 cm³/mol. The van der Waals surface area contributed by atoms with Crippen LogP contribution in [0, 0.1) is 6.92 Å². The van der Waals surface area contributed by atoms with Gasteiger partial charge in [0.25, 0.3) is 0 Å². The van der Waals surface area contributed by atoms with Gasteiger partial charge < -0.3 is 5.32 Å². The van der Waals surface area contributed by atoms with Gasteiger partial charge in [-0.2, -0.15) is 26.3 Å². The fourth-order valence-electron chi connectivity index (χ4n) is 2.25. The van der Waals surface area contributed by atoms with Crippen LogP contribution in [0.2, 0.25) is 0 Å². The van der Waals surface area contributed by atoms with Crippen LogP contribution in [-0.2, 0) is 0 Å². The van der Waals surface area contributed by atoms with Gasteiger partial charge in [0.1, 0.15) is 0 Å². The van der Waals surface area contributed by atoms with Gasteiger partial charge in [-0.1, -0.05) is 30.4 Å². The minimum absolute atomic E-state index is 0.101. The summed E-state index contributed by atoms with van der Waals surface area (Å²) in [4.78, 5) is 15.8. The van der Waals surface area contributed by atoms with E-state index in [4.69, 9.17) is 0 Å². The van der Waals surface area contributed by atoms with E-state index >= 15 is 0 Å². The van der Waals surface area contributed by atoms with Crippen molar-refractivity contribution in [2.45, 2.75) is 38.2 Å². The van der Waals surface area contributed by atoms with E-state index in [1.54, 1.807) is 25.1 Å². The molecule has 11 heteroatoms. The van der Waals surface area contributed by atoms with Crippen LogP contribution in [0.4, 0.5) is 36.3 Å². The highest BCUT2D eigenvalue weighted by atomic mass is 32.1. The molecule has 0 spiro atoms. The Labute approximate surface area is 142 Å². The standard InChI is InChI=1S/C14H13F6N3OS/c1-3-12(13(15,16)17,14(18,19)20)23-10(24)22-11-21-9-7(2)5-4-6-8(9)25-11/h4-6H,3H2,1-2H3,(H2,21,22,23,24). The van der Waals surface area contributed by atoms with E-state index in [0.717, 1.165) is 22.2 Å². The van der Waals surface area contributed by atoms with Crippen LogP contribution < -0.4 is 10.6 Å². The molecule has 0 atom stereocenters. The minimum atomic E-state index is -5.71. The van der Waals surface area contributed by atoms with Crippen LogP contribution in [0.1, 0.15) is 18.9 Å². The Morgan fingerprint density at radius 1 is 1.16 bits per heavy atom. The molecule has 1 heterocycles. The molecule has 0 saturated heterocycles. The fourth-order valence-corrected chi connectivity index (χ4v) is 3.19. The van der Waals surface area contributed by atoms with Crippen LogP contribution in [0.15, 0.2) is 18.2 Å². The maximum atomic E-state index is 13.0. The Balaban J connectivity index is 2.28. The Bertz CT molecular complexity index is 769. The van der Waals surface area contributed by atoms with Crippen LogP contribution in [0.5, 0.6) is 0 Å². The van der Waals surface area contributed by atoms with Crippen molar-refractivity contribution in [1.29, 1.82) is 0 Å². The number of hydrogen-bond acceptors (Lipinski definition) is 3. The molecule has 1 aromatic carbocycles. The molecule has 0 aliphatic carbocycles. The van der Waals surface area contributed by atoms with Crippen LogP contribution >= 0.6 is 11.3 Å². The molecule has 0 unspecified atom stereocenters. The number of benzene rings is 1. The number of urea groups is 1.